The number of carbonyl (C=O) groups excluding carboxylic acids is 1. The first-order chi connectivity index (χ1) is 15.6. The van der Waals surface area contributed by atoms with Gasteiger partial charge in [0.2, 0.25) is 5.91 Å². The molecule has 4 aliphatic rings. The number of rotatable bonds is 6. The normalized spacial score (nSPS) is 30.5. The monoisotopic (exact) mass is 430 g/mol. The first kappa shape index (κ1) is 19.8. The maximum atomic E-state index is 13.6. The standard InChI is InChI=1S/C26H30N4O2/c1-32-21-7-5-20(6-8-21)25-13-18-12-19(14-25)16-26(15-18,17-25)24(31)27-10-9-23-29-28-22-4-2-3-11-30(22)23/h2-8,11,18-19H,9-10,12-17H2,1H3,(H,27,31)/t18-,19-,25?,26?/m1/s1. The number of pyridine rings is 1. The third-order valence-corrected chi connectivity index (χ3v) is 8.26. The Labute approximate surface area is 188 Å². The van der Waals surface area contributed by atoms with Gasteiger partial charge in [0.1, 0.15) is 11.6 Å². The molecule has 1 aromatic carbocycles. The van der Waals surface area contributed by atoms with Gasteiger partial charge in [-0.3, -0.25) is 9.20 Å². The summed E-state index contributed by atoms with van der Waals surface area (Å²) in [7, 11) is 1.71. The smallest absolute Gasteiger partial charge is 0.226 e. The van der Waals surface area contributed by atoms with E-state index in [0.717, 1.165) is 36.5 Å². The van der Waals surface area contributed by atoms with Crippen LogP contribution in [0.15, 0.2) is 48.7 Å². The molecule has 4 saturated carbocycles. The van der Waals surface area contributed by atoms with Crippen molar-refractivity contribution in [1.82, 2.24) is 19.9 Å². The molecule has 32 heavy (non-hydrogen) atoms. The number of nitrogens with one attached hydrogen (secondary N) is 1. The number of hydrogen-bond donors (Lipinski definition) is 1. The second-order valence-electron chi connectivity index (χ2n) is 10.3. The molecule has 1 amide bonds. The summed E-state index contributed by atoms with van der Waals surface area (Å²) >= 11 is 0. The van der Waals surface area contributed by atoms with E-state index in [1.807, 2.05) is 28.8 Å². The van der Waals surface area contributed by atoms with Crippen molar-refractivity contribution in [1.29, 1.82) is 0 Å². The van der Waals surface area contributed by atoms with E-state index in [9.17, 15) is 4.79 Å². The van der Waals surface area contributed by atoms with Gasteiger partial charge in [-0.25, -0.2) is 0 Å². The third-order valence-electron chi connectivity index (χ3n) is 8.26. The van der Waals surface area contributed by atoms with Gasteiger partial charge in [0, 0.05) is 19.2 Å². The predicted molar refractivity (Wildman–Crippen MR) is 121 cm³/mol. The summed E-state index contributed by atoms with van der Waals surface area (Å²) in [5, 5.41) is 11.8. The topological polar surface area (TPSA) is 68.5 Å². The average molecular weight is 431 g/mol. The molecule has 4 bridgehead atoms. The van der Waals surface area contributed by atoms with Crippen molar-refractivity contribution in [2.24, 2.45) is 17.3 Å². The largest absolute Gasteiger partial charge is 0.497 e. The SMILES string of the molecule is COc1ccc(C23C[C@H]4C[C@@H](CC(C(=O)NCCc5nnc6ccccn56)(C4)C2)C3)cc1. The molecule has 6 nitrogen and oxygen atoms in total. The number of carbonyl (C=O) groups is 1. The molecule has 3 aromatic rings. The Morgan fingerprint density at radius 3 is 2.62 bits per heavy atom. The van der Waals surface area contributed by atoms with Gasteiger partial charge < -0.3 is 10.1 Å². The van der Waals surface area contributed by atoms with Crippen molar-refractivity contribution >= 4 is 11.6 Å². The number of fused-ring (bicyclic) bond motifs is 1. The molecule has 2 aromatic heterocycles. The highest BCUT2D eigenvalue weighted by molar-refractivity contribution is 5.83. The van der Waals surface area contributed by atoms with Crippen LogP contribution in [0.4, 0.5) is 0 Å². The van der Waals surface area contributed by atoms with Crippen molar-refractivity contribution in [3.05, 3.63) is 60.0 Å². The van der Waals surface area contributed by atoms with Crippen LogP contribution in [0.3, 0.4) is 0 Å². The van der Waals surface area contributed by atoms with Crippen LogP contribution in [0.25, 0.3) is 5.65 Å². The van der Waals surface area contributed by atoms with Gasteiger partial charge >= 0.3 is 0 Å². The van der Waals surface area contributed by atoms with Crippen LogP contribution < -0.4 is 10.1 Å². The van der Waals surface area contributed by atoms with Gasteiger partial charge in [0.15, 0.2) is 5.65 Å². The number of aromatic nitrogens is 3. The third kappa shape index (κ3) is 3.11. The number of nitrogens with zero attached hydrogens (tertiary/aromatic N) is 3. The van der Waals surface area contributed by atoms with Crippen LogP contribution in [0.5, 0.6) is 5.75 Å². The summed E-state index contributed by atoms with van der Waals surface area (Å²) in [6.45, 7) is 0.598. The summed E-state index contributed by atoms with van der Waals surface area (Å²) in [5.74, 6) is 3.35. The molecular formula is C26H30N4O2. The van der Waals surface area contributed by atoms with E-state index in [1.165, 1.54) is 24.8 Å². The number of ether oxygens (including phenoxy) is 1. The highest BCUT2D eigenvalue weighted by Gasteiger charge is 2.60. The Hall–Kier alpha value is -2.89. The van der Waals surface area contributed by atoms with Crippen LogP contribution in [0.1, 0.15) is 49.9 Å². The van der Waals surface area contributed by atoms with Crippen LogP contribution >= 0.6 is 0 Å². The molecule has 1 N–H and O–H groups in total. The molecular weight excluding hydrogens is 400 g/mol. The molecule has 0 aliphatic heterocycles. The van der Waals surface area contributed by atoms with E-state index in [0.29, 0.717) is 24.8 Å². The van der Waals surface area contributed by atoms with Crippen molar-refractivity contribution in [3.8, 4) is 5.75 Å². The molecule has 7 rings (SSSR count). The first-order valence-corrected chi connectivity index (χ1v) is 11.8. The van der Waals surface area contributed by atoms with E-state index in [2.05, 4.69) is 39.8 Å². The van der Waals surface area contributed by atoms with Crippen LogP contribution in [0.2, 0.25) is 0 Å². The number of hydrogen-bond acceptors (Lipinski definition) is 4. The highest BCUT2D eigenvalue weighted by atomic mass is 16.5. The minimum atomic E-state index is -0.225. The Morgan fingerprint density at radius 1 is 1.09 bits per heavy atom. The lowest BCUT2D eigenvalue weighted by Gasteiger charge is -2.61. The lowest BCUT2D eigenvalue weighted by molar-refractivity contribution is -0.149. The molecule has 4 aliphatic carbocycles. The summed E-state index contributed by atoms with van der Waals surface area (Å²) in [4.78, 5) is 13.6. The second-order valence-corrected chi connectivity index (χ2v) is 10.3. The van der Waals surface area contributed by atoms with Gasteiger partial charge in [0.25, 0.3) is 0 Å². The fourth-order valence-electron chi connectivity index (χ4n) is 7.35. The summed E-state index contributed by atoms with van der Waals surface area (Å²) in [5.41, 5.74) is 2.14. The van der Waals surface area contributed by atoms with Crippen LogP contribution in [0, 0.1) is 17.3 Å². The molecule has 0 spiro atoms. The zero-order valence-electron chi connectivity index (χ0n) is 18.6. The van der Waals surface area contributed by atoms with Gasteiger partial charge in [-0.1, -0.05) is 18.2 Å². The predicted octanol–water partition coefficient (Wildman–Crippen LogP) is 3.93. The Kier molecular flexibility index (Phi) is 4.52. The molecule has 4 fully saturated rings. The highest BCUT2D eigenvalue weighted by Crippen LogP contribution is 2.65. The van der Waals surface area contributed by atoms with Crippen molar-refractivity contribution < 1.29 is 9.53 Å². The molecule has 166 valence electrons. The van der Waals surface area contributed by atoms with Crippen LogP contribution in [-0.2, 0) is 16.6 Å². The molecule has 2 heterocycles. The molecule has 0 saturated heterocycles. The van der Waals surface area contributed by atoms with Crippen molar-refractivity contribution in [3.63, 3.8) is 0 Å². The van der Waals surface area contributed by atoms with E-state index in [1.54, 1.807) is 7.11 Å². The Bertz CT molecular complexity index is 1140. The van der Waals surface area contributed by atoms with E-state index in [-0.39, 0.29) is 16.7 Å². The summed E-state index contributed by atoms with van der Waals surface area (Å²) < 4.78 is 7.37. The first-order valence-electron chi connectivity index (χ1n) is 11.8. The Morgan fingerprint density at radius 2 is 1.88 bits per heavy atom. The summed E-state index contributed by atoms with van der Waals surface area (Å²) in [6, 6.07) is 14.5. The molecule has 0 radical (unpaired) electrons. The number of amides is 1. The van der Waals surface area contributed by atoms with Gasteiger partial charge in [0.05, 0.1) is 12.5 Å². The van der Waals surface area contributed by atoms with Crippen molar-refractivity contribution in [2.45, 2.75) is 50.4 Å². The van der Waals surface area contributed by atoms with Crippen molar-refractivity contribution in [2.75, 3.05) is 13.7 Å². The maximum Gasteiger partial charge on any atom is 0.226 e. The second kappa shape index (κ2) is 7.32. The molecule has 0 unspecified atom stereocenters. The average Bonchev–Trinajstić information content (AvgIpc) is 3.21. The lowest BCUT2D eigenvalue weighted by atomic mass is 9.42. The fourth-order valence-corrected chi connectivity index (χ4v) is 7.35. The summed E-state index contributed by atoms with van der Waals surface area (Å²) in [6.07, 6.45) is 9.45. The van der Waals surface area contributed by atoms with Gasteiger partial charge in [-0.15, -0.1) is 10.2 Å². The van der Waals surface area contributed by atoms with Gasteiger partial charge in [-0.05, 0) is 85.6 Å². The quantitative estimate of drug-likeness (QED) is 0.643. The molecule has 2 atom stereocenters. The van der Waals surface area contributed by atoms with E-state index < -0.39 is 0 Å². The maximum absolute atomic E-state index is 13.6. The fraction of sp³-hybridized carbons (Fsp3) is 0.500. The van der Waals surface area contributed by atoms with Gasteiger partial charge in [-0.2, -0.15) is 0 Å². The number of benzene rings is 1. The Balaban J connectivity index is 1.19. The van der Waals surface area contributed by atoms with Crippen LogP contribution in [-0.4, -0.2) is 34.2 Å². The van der Waals surface area contributed by atoms with E-state index >= 15 is 0 Å². The minimum Gasteiger partial charge on any atom is -0.497 e. The lowest BCUT2D eigenvalue weighted by Crippen LogP contribution is -2.59. The zero-order valence-corrected chi connectivity index (χ0v) is 18.6. The number of methoxy groups -OCH3 is 1. The minimum absolute atomic E-state index is 0.136. The molecule has 6 heteroatoms. The zero-order chi connectivity index (χ0) is 21.8. The van der Waals surface area contributed by atoms with E-state index in [4.69, 9.17) is 4.74 Å².